The second-order valence-corrected chi connectivity index (χ2v) is 6.75. The van der Waals surface area contributed by atoms with Crippen molar-refractivity contribution in [3.63, 3.8) is 0 Å². The molecule has 0 N–H and O–H groups in total. The Morgan fingerprint density at radius 1 is 0.929 bits per heavy atom. The van der Waals surface area contributed by atoms with Crippen molar-refractivity contribution < 1.29 is 27.5 Å². The third-order valence-electron chi connectivity index (χ3n) is 3.99. The summed E-state index contributed by atoms with van der Waals surface area (Å²) in [6, 6.07) is 10.2. The Bertz CT molecular complexity index is 948. The topological polar surface area (TPSA) is 46.6 Å². The normalized spacial score (nSPS) is 15.0. The fourth-order valence-corrected chi connectivity index (χ4v) is 3.03. The number of nitrogens with zero attached hydrogens (tertiary/aromatic N) is 1. The lowest BCUT2D eigenvalue weighted by atomic mass is 10.1. The van der Waals surface area contributed by atoms with Crippen LogP contribution in [0.3, 0.4) is 0 Å². The highest BCUT2D eigenvalue weighted by molar-refractivity contribution is 6.60. The van der Waals surface area contributed by atoms with E-state index in [2.05, 4.69) is 0 Å². The van der Waals surface area contributed by atoms with Crippen molar-refractivity contribution in [1.29, 1.82) is 0 Å². The van der Waals surface area contributed by atoms with Crippen molar-refractivity contribution >= 4 is 34.7 Å². The fourth-order valence-electron chi connectivity index (χ4n) is 2.76. The molecule has 3 rings (SSSR count). The highest BCUT2D eigenvalue weighted by Gasteiger charge is 2.39. The number of hydrogen-bond donors (Lipinski definition) is 0. The molecule has 0 bridgehead atoms. The summed E-state index contributed by atoms with van der Waals surface area (Å²) < 4.78 is 43.7. The Morgan fingerprint density at radius 2 is 1.50 bits per heavy atom. The molecule has 0 aromatic heterocycles. The Hall–Kier alpha value is -2.80. The quantitative estimate of drug-likeness (QED) is 0.666. The average Bonchev–Trinajstić information content (AvgIpc) is 2.84. The Morgan fingerprint density at radius 3 is 2.00 bits per heavy atom. The predicted octanol–water partition coefficient (Wildman–Crippen LogP) is 5.02. The second kappa shape index (κ2) is 7.31. The Labute approximate surface area is 164 Å². The van der Waals surface area contributed by atoms with E-state index in [0.717, 1.165) is 29.2 Å². The standard InChI is InChI=1S/C20H15ClF3NO3/c1-11(2)28-15-9-3-12(4-10-15)16-17(21)19(27)25(18(16)26)14-7-5-13(6-8-14)20(22,23)24/h3-11H,1-2H3. The summed E-state index contributed by atoms with van der Waals surface area (Å²) in [5.74, 6) is -0.900. The maximum atomic E-state index is 12.8. The molecule has 0 radical (unpaired) electrons. The molecule has 2 aromatic rings. The predicted molar refractivity (Wildman–Crippen MR) is 98.9 cm³/mol. The number of rotatable bonds is 4. The summed E-state index contributed by atoms with van der Waals surface area (Å²) in [7, 11) is 0. The molecule has 1 heterocycles. The lowest BCUT2D eigenvalue weighted by Crippen LogP contribution is -2.31. The van der Waals surface area contributed by atoms with Gasteiger partial charge >= 0.3 is 6.18 Å². The highest BCUT2D eigenvalue weighted by atomic mass is 35.5. The smallest absolute Gasteiger partial charge is 0.416 e. The zero-order valence-electron chi connectivity index (χ0n) is 14.9. The largest absolute Gasteiger partial charge is 0.491 e. The van der Waals surface area contributed by atoms with E-state index in [-0.39, 0.29) is 22.4 Å². The van der Waals surface area contributed by atoms with Crippen molar-refractivity contribution in [3.05, 3.63) is 64.7 Å². The van der Waals surface area contributed by atoms with E-state index in [1.807, 2.05) is 13.8 Å². The molecular formula is C20H15ClF3NO3. The number of amides is 2. The highest BCUT2D eigenvalue weighted by Crippen LogP contribution is 2.37. The van der Waals surface area contributed by atoms with E-state index in [1.54, 1.807) is 24.3 Å². The first kappa shape index (κ1) is 19.9. The molecule has 8 heteroatoms. The molecule has 0 atom stereocenters. The van der Waals surface area contributed by atoms with Gasteiger partial charge in [0.1, 0.15) is 10.8 Å². The molecule has 2 aromatic carbocycles. The van der Waals surface area contributed by atoms with Crippen molar-refractivity contribution in [2.45, 2.75) is 26.1 Å². The van der Waals surface area contributed by atoms with Gasteiger partial charge in [0, 0.05) is 0 Å². The molecule has 0 fully saturated rings. The lowest BCUT2D eigenvalue weighted by Gasteiger charge is -2.16. The van der Waals surface area contributed by atoms with Gasteiger partial charge in [0.05, 0.1) is 22.9 Å². The van der Waals surface area contributed by atoms with Gasteiger partial charge in [0.25, 0.3) is 11.8 Å². The first-order chi connectivity index (χ1) is 13.1. The molecule has 0 saturated heterocycles. The van der Waals surface area contributed by atoms with E-state index in [0.29, 0.717) is 11.3 Å². The van der Waals surface area contributed by atoms with Crippen molar-refractivity contribution in [2.75, 3.05) is 4.90 Å². The first-order valence-electron chi connectivity index (χ1n) is 8.32. The van der Waals surface area contributed by atoms with Gasteiger partial charge in [-0.05, 0) is 55.8 Å². The van der Waals surface area contributed by atoms with Crippen LogP contribution in [0.2, 0.25) is 0 Å². The monoisotopic (exact) mass is 409 g/mol. The number of benzene rings is 2. The van der Waals surface area contributed by atoms with Gasteiger partial charge in [0.2, 0.25) is 0 Å². The summed E-state index contributed by atoms with van der Waals surface area (Å²) in [5, 5.41) is -0.289. The molecular weight excluding hydrogens is 395 g/mol. The number of halogens is 4. The van der Waals surface area contributed by atoms with E-state index in [4.69, 9.17) is 16.3 Å². The molecule has 146 valence electrons. The van der Waals surface area contributed by atoms with Crippen LogP contribution in [0.4, 0.5) is 18.9 Å². The maximum Gasteiger partial charge on any atom is 0.416 e. The zero-order chi connectivity index (χ0) is 20.6. The van der Waals surface area contributed by atoms with Crippen LogP contribution in [-0.2, 0) is 15.8 Å². The van der Waals surface area contributed by atoms with Gasteiger partial charge in [-0.15, -0.1) is 0 Å². The Balaban J connectivity index is 1.90. The molecule has 1 aliphatic rings. The van der Waals surface area contributed by atoms with E-state index < -0.39 is 23.6 Å². The van der Waals surface area contributed by atoms with Crippen LogP contribution >= 0.6 is 11.6 Å². The molecule has 0 unspecified atom stereocenters. The van der Waals surface area contributed by atoms with Crippen LogP contribution in [0.5, 0.6) is 5.75 Å². The van der Waals surface area contributed by atoms with Gasteiger partial charge in [-0.2, -0.15) is 13.2 Å². The maximum absolute atomic E-state index is 12.8. The number of imide groups is 1. The molecule has 0 spiro atoms. The second-order valence-electron chi connectivity index (χ2n) is 6.37. The van der Waals surface area contributed by atoms with Crippen molar-refractivity contribution in [3.8, 4) is 5.75 Å². The van der Waals surface area contributed by atoms with Crippen molar-refractivity contribution in [1.82, 2.24) is 0 Å². The number of carbonyl (C=O) groups is 2. The van der Waals surface area contributed by atoms with Crippen LogP contribution in [0.25, 0.3) is 5.57 Å². The summed E-state index contributed by atoms with van der Waals surface area (Å²) in [6.07, 6.45) is -4.54. The third kappa shape index (κ3) is 3.75. The third-order valence-corrected chi connectivity index (χ3v) is 4.35. The average molecular weight is 410 g/mol. The summed E-state index contributed by atoms with van der Waals surface area (Å²) in [5.41, 5.74) is -0.470. The van der Waals surface area contributed by atoms with Crippen LogP contribution < -0.4 is 9.64 Å². The fraction of sp³-hybridized carbons (Fsp3) is 0.200. The van der Waals surface area contributed by atoms with Crippen LogP contribution in [0, 0.1) is 0 Å². The number of alkyl halides is 3. The first-order valence-corrected chi connectivity index (χ1v) is 8.70. The summed E-state index contributed by atoms with van der Waals surface area (Å²) >= 11 is 6.09. The van der Waals surface area contributed by atoms with E-state index >= 15 is 0 Å². The number of anilines is 1. The van der Waals surface area contributed by atoms with Crippen molar-refractivity contribution in [2.24, 2.45) is 0 Å². The minimum Gasteiger partial charge on any atom is -0.491 e. The van der Waals surface area contributed by atoms with Gasteiger partial charge in [-0.1, -0.05) is 23.7 Å². The lowest BCUT2D eigenvalue weighted by molar-refractivity contribution is -0.137. The Kier molecular flexibility index (Phi) is 5.21. The SMILES string of the molecule is CC(C)Oc1ccc(C2=C(Cl)C(=O)N(c3ccc(C(F)(F)F)cc3)C2=O)cc1. The zero-order valence-corrected chi connectivity index (χ0v) is 15.6. The van der Waals surface area contributed by atoms with Gasteiger partial charge in [-0.3, -0.25) is 9.59 Å². The van der Waals surface area contributed by atoms with Gasteiger partial charge in [0.15, 0.2) is 0 Å². The molecule has 28 heavy (non-hydrogen) atoms. The van der Waals surface area contributed by atoms with Gasteiger partial charge in [-0.25, -0.2) is 4.90 Å². The summed E-state index contributed by atoms with van der Waals surface area (Å²) in [6.45, 7) is 3.74. The van der Waals surface area contributed by atoms with E-state index in [1.165, 1.54) is 0 Å². The van der Waals surface area contributed by atoms with E-state index in [9.17, 15) is 22.8 Å². The minimum absolute atomic E-state index is 0.0101. The minimum atomic E-state index is -4.52. The molecule has 1 aliphatic heterocycles. The molecule has 4 nitrogen and oxygen atoms in total. The van der Waals surface area contributed by atoms with Gasteiger partial charge < -0.3 is 4.74 Å². The van der Waals surface area contributed by atoms with Crippen LogP contribution in [0.15, 0.2) is 53.6 Å². The summed E-state index contributed by atoms with van der Waals surface area (Å²) in [4.78, 5) is 26.0. The number of ether oxygens (including phenoxy) is 1. The van der Waals surface area contributed by atoms with Crippen LogP contribution in [-0.4, -0.2) is 17.9 Å². The number of hydrogen-bond acceptors (Lipinski definition) is 3. The molecule has 2 amide bonds. The molecule has 0 saturated carbocycles. The molecule has 0 aliphatic carbocycles. The number of carbonyl (C=O) groups excluding carboxylic acids is 2. The van der Waals surface area contributed by atoms with Crippen LogP contribution in [0.1, 0.15) is 25.0 Å².